The lowest BCUT2D eigenvalue weighted by molar-refractivity contribution is 0.102. The van der Waals surface area contributed by atoms with Crippen LogP contribution in [-0.4, -0.2) is 29.5 Å². The van der Waals surface area contributed by atoms with Crippen LogP contribution in [0.2, 0.25) is 0 Å². The molecule has 0 aliphatic heterocycles. The van der Waals surface area contributed by atoms with E-state index in [0.29, 0.717) is 22.8 Å². The quantitative estimate of drug-likeness (QED) is 0.780. The number of hydrogen-bond acceptors (Lipinski definition) is 5. The van der Waals surface area contributed by atoms with E-state index in [0.717, 1.165) is 5.56 Å². The number of ether oxygens (including phenoxy) is 2. The lowest BCUT2D eigenvalue weighted by atomic mass is 10.1. The van der Waals surface area contributed by atoms with Gasteiger partial charge in [0.15, 0.2) is 11.5 Å². The molecule has 7 nitrogen and oxygen atoms in total. The van der Waals surface area contributed by atoms with Gasteiger partial charge in [0.05, 0.1) is 25.5 Å². The average Bonchev–Trinajstić information content (AvgIpc) is 2.65. The van der Waals surface area contributed by atoms with Gasteiger partial charge in [0.2, 0.25) is 0 Å². The first-order valence-electron chi connectivity index (χ1n) is 7.98. The first kappa shape index (κ1) is 17.5. The molecule has 134 valence electrons. The first-order chi connectivity index (χ1) is 12.5. The van der Waals surface area contributed by atoms with Gasteiger partial charge in [-0.25, -0.2) is 4.98 Å². The van der Waals surface area contributed by atoms with Gasteiger partial charge in [0.25, 0.3) is 11.5 Å². The summed E-state index contributed by atoms with van der Waals surface area (Å²) in [6, 6.07) is 8.61. The molecule has 0 spiro atoms. The second-order valence-electron chi connectivity index (χ2n) is 5.76. The van der Waals surface area contributed by atoms with Crippen molar-refractivity contribution in [2.24, 2.45) is 0 Å². The standard InChI is InChI=1S/C19H19N3O4/c1-11-7-6-10-22-17(11)20-12(2)15(19(22)24)21-18(23)13-8-5-9-14(25-3)16(13)26-4/h5-10H,1-4H3,(H,21,23). The van der Waals surface area contributed by atoms with E-state index >= 15 is 0 Å². The van der Waals surface area contributed by atoms with Crippen molar-refractivity contribution in [1.82, 2.24) is 9.38 Å². The Labute approximate surface area is 150 Å². The minimum Gasteiger partial charge on any atom is -0.493 e. The van der Waals surface area contributed by atoms with E-state index in [1.165, 1.54) is 18.6 Å². The van der Waals surface area contributed by atoms with Crippen molar-refractivity contribution in [2.45, 2.75) is 13.8 Å². The van der Waals surface area contributed by atoms with Gasteiger partial charge < -0.3 is 14.8 Å². The number of rotatable bonds is 4. The Morgan fingerprint density at radius 1 is 1.12 bits per heavy atom. The average molecular weight is 353 g/mol. The predicted octanol–water partition coefficient (Wildman–Crippen LogP) is 2.58. The van der Waals surface area contributed by atoms with E-state index in [1.807, 2.05) is 13.0 Å². The van der Waals surface area contributed by atoms with Crippen molar-refractivity contribution in [2.75, 3.05) is 19.5 Å². The molecule has 2 aromatic heterocycles. The molecule has 3 aromatic rings. The third kappa shape index (κ3) is 2.88. The number of fused-ring (bicyclic) bond motifs is 1. The Balaban J connectivity index is 2.08. The highest BCUT2D eigenvalue weighted by molar-refractivity contribution is 6.07. The molecule has 0 unspecified atom stereocenters. The van der Waals surface area contributed by atoms with Crippen molar-refractivity contribution in [3.63, 3.8) is 0 Å². The maximum Gasteiger partial charge on any atom is 0.281 e. The van der Waals surface area contributed by atoms with E-state index < -0.39 is 5.91 Å². The predicted molar refractivity (Wildman–Crippen MR) is 98.4 cm³/mol. The van der Waals surface area contributed by atoms with E-state index in [2.05, 4.69) is 10.3 Å². The number of carbonyl (C=O) groups excluding carboxylic acids is 1. The highest BCUT2D eigenvalue weighted by Crippen LogP contribution is 2.31. The van der Waals surface area contributed by atoms with Crippen LogP contribution in [0.15, 0.2) is 41.3 Å². The molecule has 0 radical (unpaired) electrons. The number of amides is 1. The zero-order chi connectivity index (χ0) is 18.8. The smallest absolute Gasteiger partial charge is 0.281 e. The fraction of sp³-hybridized carbons (Fsp3) is 0.211. The molecule has 0 fully saturated rings. The number of para-hydroxylation sites is 1. The summed E-state index contributed by atoms with van der Waals surface area (Å²) in [6.07, 6.45) is 1.62. The molecular formula is C19H19N3O4. The highest BCUT2D eigenvalue weighted by Gasteiger charge is 2.19. The second-order valence-corrected chi connectivity index (χ2v) is 5.76. The Morgan fingerprint density at radius 2 is 1.88 bits per heavy atom. The summed E-state index contributed by atoms with van der Waals surface area (Å²) in [5.41, 5.74) is 1.93. The molecule has 0 atom stereocenters. The lowest BCUT2D eigenvalue weighted by Crippen LogP contribution is -2.25. The number of benzene rings is 1. The molecule has 0 aliphatic rings. The van der Waals surface area contributed by atoms with Crippen LogP contribution < -0.4 is 20.3 Å². The van der Waals surface area contributed by atoms with E-state index in [-0.39, 0.29) is 16.8 Å². The Kier molecular flexibility index (Phi) is 4.62. The normalized spacial score (nSPS) is 10.6. The molecule has 1 aromatic carbocycles. The fourth-order valence-corrected chi connectivity index (χ4v) is 2.80. The fourth-order valence-electron chi connectivity index (χ4n) is 2.80. The Bertz CT molecular complexity index is 1060. The number of pyridine rings is 1. The zero-order valence-corrected chi connectivity index (χ0v) is 15.0. The van der Waals surface area contributed by atoms with Crippen LogP contribution in [0.1, 0.15) is 21.6 Å². The van der Waals surface area contributed by atoms with Gasteiger partial charge in [-0.2, -0.15) is 0 Å². The topological polar surface area (TPSA) is 81.9 Å². The van der Waals surface area contributed by atoms with Crippen molar-refractivity contribution in [3.05, 3.63) is 63.7 Å². The van der Waals surface area contributed by atoms with Crippen LogP contribution in [0.5, 0.6) is 11.5 Å². The summed E-state index contributed by atoms with van der Waals surface area (Å²) in [4.78, 5) is 30.0. The van der Waals surface area contributed by atoms with E-state index in [4.69, 9.17) is 9.47 Å². The third-order valence-corrected chi connectivity index (χ3v) is 4.12. The van der Waals surface area contributed by atoms with Crippen LogP contribution in [0, 0.1) is 13.8 Å². The number of nitrogens with zero attached hydrogens (tertiary/aromatic N) is 2. The molecule has 26 heavy (non-hydrogen) atoms. The summed E-state index contributed by atoms with van der Waals surface area (Å²) >= 11 is 0. The summed E-state index contributed by atoms with van der Waals surface area (Å²) in [6.45, 7) is 3.56. The summed E-state index contributed by atoms with van der Waals surface area (Å²) in [7, 11) is 2.95. The molecular weight excluding hydrogens is 334 g/mol. The molecule has 0 saturated carbocycles. The van der Waals surface area contributed by atoms with E-state index in [9.17, 15) is 9.59 Å². The maximum atomic E-state index is 12.8. The molecule has 0 bridgehead atoms. The summed E-state index contributed by atoms with van der Waals surface area (Å²) < 4.78 is 11.9. The maximum absolute atomic E-state index is 12.8. The van der Waals surface area contributed by atoms with Gasteiger partial charge in [0.1, 0.15) is 11.3 Å². The van der Waals surface area contributed by atoms with Gasteiger partial charge >= 0.3 is 0 Å². The third-order valence-electron chi connectivity index (χ3n) is 4.12. The molecule has 3 rings (SSSR count). The number of aryl methyl sites for hydroxylation is 2. The number of methoxy groups -OCH3 is 2. The van der Waals surface area contributed by atoms with Gasteiger partial charge in [-0.3, -0.25) is 14.0 Å². The second kappa shape index (κ2) is 6.87. The number of carbonyl (C=O) groups is 1. The van der Waals surface area contributed by atoms with Gasteiger partial charge in [-0.05, 0) is 37.6 Å². The van der Waals surface area contributed by atoms with Crippen molar-refractivity contribution < 1.29 is 14.3 Å². The SMILES string of the molecule is COc1cccc(C(=O)Nc2c(C)nc3c(C)cccn3c2=O)c1OC. The molecule has 7 heteroatoms. The summed E-state index contributed by atoms with van der Waals surface area (Å²) in [5, 5.41) is 2.66. The molecule has 0 aliphatic carbocycles. The monoisotopic (exact) mass is 353 g/mol. The minimum absolute atomic E-state index is 0.128. The van der Waals surface area contributed by atoms with Crippen molar-refractivity contribution >= 4 is 17.2 Å². The van der Waals surface area contributed by atoms with Crippen LogP contribution >= 0.6 is 0 Å². The van der Waals surface area contributed by atoms with Gasteiger partial charge in [-0.15, -0.1) is 0 Å². The molecule has 2 heterocycles. The molecule has 0 saturated heterocycles. The molecule has 1 N–H and O–H groups in total. The van der Waals surface area contributed by atoms with Crippen molar-refractivity contribution in [1.29, 1.82) is 0 Å². The summed E-state index contributed by atoms with van der Waals surface area (Å²) in [5.74, 6) is 0.256. The highest BCUT2D eigenvalue weighted by atomic mass is 16.5. The van der Waals surface area contributed by atoms with Crippen LogP contribution in [0.3, 0.4) is 0 Å². The molecule has 1 amide bonds. The lowest BCUT2D eigenvalue weighted by Gasteiger charge is -2.14. The Hall–Kier alpha value is -3.35. The number of anilines is 1. The van der Waals surface area contributed by atoms with Crippen LogP contribution in [0.4, 0.5) is 5.69 Å². The zero-order valence-electron chi connectivity index (χ0n) is 15.0. The number of hydrogen-bond donors (Lipinski definition) is 1. The first-order valence-corrected chi connectivity index (χ1v) is 7.98. The van der Waals surface area contributed by atoms with Gasteiger partial charge in [0, 0.05) is 6.20 Å². The largest absolute Gasteiger partial charge is 0.493 e. The van der Waals surface area contributed by atoms with E-state index in [1.54, 1.807) is 37.4 Å². The minimum atomic E-state index is -0.477. The number of aromatic nitrogens is 2. The number of nitrogens with one attached hydrogen (secondary N) is 1. The van der Waals surface area contributed by atoms with Gasteiger partial charge in [-0.1, -0.05) is 12.1 Å². The van der Waals surface area contributed by atoms with Crippen LogP contribution in [-0.2, 0) is 0 Å². The Morgan fingerprint density at radius 3 is 2.58 bits per heavy atom. The van der Waals surface area contributed by atoms with Crippen LogP contribution in [0.25, 0.3) is 5.65 Å². The van der Waals surface area contributed by atoms with Crippen molar-refractivity contribution in [3.8, 4) is 11.5 Å².